The molecule has 0 aliphatic carbocycles. The molecular weight excluding hydrogens is 252 g/mol. The summed E-state index contributed by atoms with van der Waals surface area (Å²) in [4.78, 5) is 11.9. The molecular formula is C17H20O3. The van der Waals surface area contributed by atoms with Crippen molar-refractivity contribution >= 4 is 16.7 Å². The van der Waals surface area contributed by atoms with Crippen LogP contribution in [0.15, 0.2) is 36.4 Å². The van der Waals surface area contributed by atoms with Crippen molar-refractivity contribution in [1.29, 1.82) is 0 Å². The van der Waals surface area contributed by atoms with Crippen molar-refractivity contribution in [2.24, 2.45) is 5.92 Å². The lowest BCUT2D eigenvalue weighted by Crippen LogP contribution is -2.07. The molecule has 0 unspecified atom stereocenters. The maximum atomic E-state index is 11.9. The van der Waals surface area contributed by atoms with Crippen LogP contribution in [0.2, 0.25) is 0 Å². The largest absolute Gasteiger partial charge is 0.508 e. The fraction of sp³-hybridized carbons (Fsp3) is 0.353. The number of carbonyl (C=O) groups excluding carboxylic acids is 1. The van der Waals surface area contributed by atoms with Crippen molar-refractivity contribution in [3.63, 3.8) is 0 Å². The number of hydrogen-bond acceptors (Lipinski definition) is 3. The number of ether oxygens (including phenoxy) is 1. The molecule has 0 amide bonds. The van der Waals surface area contributed by atoms with Gasteiger partial charge in [0, 0.05) is 0 Å². The number of benzene rings is 2. The number of phenols is 1. The molecule has 0 saturated heterocycles. The maximum Gasteiger partial charge on any atom is 0.338 e. The van der Waals surface area contributed by atoms with E-state index in [1.165, 1.54) is 0 Å². The minimum Gasteiger partial charge on any atom is -0.508 e. The van der Waals surface area contributed by atoms with Crippen LogP contribution in [0, 0.1) is 5.92 Å². The van der Waals surface area contributed by atoms with Crippen LogP contribution < -0.4 is 0 Å². The van der Waals surface area contributed by atoms with Crippen molar-refractivity contribution in [3.8, 4) is 5.75 Å². The van der Waals surface area contributed by atoms with Gasteiger partial charge in [0.2, 0.25) is 0 Å². The standard InChI is InChI=1S/C17H20O3/c1-12(2)4-3-9-20-17(19)15-6-5-14-11-16(18)8-7-13(14)10-15/h5-8,10-12,18H,3-4,9H2,1-2H3. The Morgan fingerprint density at radius 1 is 1.15 bits per heavy atom. The molecule has 0 atom stereocenters. The molecule has 1 N–H and O–H groups in total. The molecule has 20 heavy (non-hydrogen) atoms. The first kappa shape index (κ1) is 14.4. The fourth-order valence-electron chi connectivity index (χ4n) is 2.10. The Bertz CT molecular complexity index is 602. The van der Waals surface area contributed by atoms with E-state index < -0.39 is 0 Å². The van der Waals surface area contributed by atoms with Crippen LogP contribution in [0.3, 0.4) is 0 Å². The highest BCUT2D eigenvalue weighted by Gasteiger charge is 2.08. The molecule has 0 spiro atoms. The lowest BCUT2D eigenvalue weighted by Gasteiger charge is -2.07. The minimum atomic E-state index is -0.288. The summed E-state index contributed by atoms with van der Waals surface area (Å²) in [7, 11) is 0. The van der Waals surface area contributed by atoms with Crippen LogP contribution in [0.1, 0.15) is 37.0 Å². The van der Waals surface area contributed by atoms with Crippen molar-refractivity contribution in [1.82, 2.24) is 0 Å². The van der Waals surface area contributed by atoms with Gasteiger partial charge in [-0.05, 0) is 53.8 Å². The quantitative estimate of drug-likeness (QED) is 0.657. The van der Waals surface area contributed by atoms with Gasteiger partial charge in [0.15, 0.2) is 0 Å². The summed E-state index contributed by atoms with van der Waals surface area (Å²) >= 11 is 0. The molecule has 0 heterocycles. The van der Waals surface area contributed by atoms with Gasteiger partial charge in [0.05, 0.1) is 12.2 Å². The molecule has 0 aliphatic heterocycles. The van der Waals surface area contributed by atoms with Gasteiger partial charge in [-0.1, -0.05) is 26.0 Å². The molecule has 2 rings (SSSR count). The Morgan fingerprint density at radius 2 is 1.85 bits per heavy atom. The van der Waals surface area contributed by atoms with E-state index in [1.807, 2.05) is 6.07 Å². The average molecular weight is 272 g/mol. The number of aromatic hydroxyl groups is 1. The van der Waals surface area contributed by atoms with Crippen molar-refractivity contribution in [2.75, 3.05) is 6.61 Å². The summed E-state index contributed by atoms with van der Waals surface area (Å²) in [6.07, 6.45) is 1.95. The Kier molecular flexibility index (Phi) is 4.61. The summed E-state index contributed by atoms with van der Waals surface area (Å²) in [5.74, 6) is 0.562. The van der Waals surface area contributed by atoms with Crippen LogP contribution in [0.25, 0.3) is 10.8 Å². The lowest BCUT2D eigenvalue weighted by molar-refractivity contribution is 0.0495. The maximum absolute atomic E-state index is 11.9. The highest BCUT2D eigenvalue weighted by atomic mass is 16.5. The Balaban J connectivity index is 2.01. The lowest BCUT2D eigenvalue weighted by atomic mass is 10.1. The van der Waals surface area contributed by atoms with E-state index in [4.69, 9.17) is 4.74 Å². The monoisotopic (exact) mass is 272 g/mol. The molecule has 0 bridgehead atoms. The molecule has 2 aromatic carbocycles. The van der Waals surface area contributed by atoms with Crippen LogP contribution in [0.4, 0.5) is 0 Å². The Labute approximate surface area is 119 Å². The van der Waals surface area contributed by atoms with Crippen molar-refractivity contribution < 1.29 is 14.6 Å². The second kappa shape index (κ2) is 6.42. The Hall–Kier alpha value is -2.03. The number of fused-ring (bicyclic) bond motifs is 1. The summed E-state index contributed by atoms with van der Waals surface area (Å²) < 4.78 is 5.26. The highest BCUT2D eigenvalue weighted by Crippen LogP contribution is 2.21. The fourth-order valence-corrected chi connectivity index (χ4v) is 2.10. The smallest absolute Gasteiger partial charge is 0.338 e. The normalized spacial score (nSPS) is 10.9. The Morgan fingerprint density at radius 3 is 2.60 bits per heavy atom. The average Bonchev–Trinajstić information content (AvgIpc) is 2.42. The summed E-state index contributed by atoms with van der Waals surface area (Å²) in [5, 5.41) is 11.2. The molecule has 0 fully saturated rings. The number of esters is 1. The molecule has 3 heteroatoms. The van der Waals surface area contributed by atoms with Gasteiger partial charge in [-0.25, -0.2) is 4.79 Å². The first-order valence-electron chi connectivity index (χ1n) is 6.96. The van der Waals surface area contributed by atoms with E-state index in [1.54, 1.807) is 30.3 Å². The highest BCUT2D eigenvalue weighted by molar-refractivity contribution is 5.95. The summed E-state index contributed by atoms with van der Waals surface area (Å²) in [5.41, 5.74) is 0.549. The third-order valence-electron chi connectivity index (χ3n) is 3.22. The molecule has 0 aromatic heterocycles. The predicted molar refractivity (Wildman–Crippen MR) is 80.0 cm³/mol. The number of rotatable bonds is 5. The molecule has 2 aromatic rings. The van der Waals surface area contributed by atoms with Gasteiger partial charge >= 0.3 is 5.97 Å². The van der Waals surface area contributed by atoms with Crippen LogP contribution >= 0.6 is 0 Å². The first-order valence-corrected chi connectivity index (χ1v) is 6.96. The molecule has 106 valence electrons. The van der Waals surface area contributed by atoms with E-state index in [2.05, 4.69) is 13.8 Å². The molecule has 0 radical (unpaired) electrons. The van der Waals surface area contributed by atoms with Crippen molar-refractivity contribution in [3.05, 3.63) is 42.0 Å². The van der Waals surface area contributed by atoms with Crippen LogP contribution in [-0.2, 0) is 4.74 Å². The second-order valence-electron chi connectivity index (χ2n) is 5.42. The topological polar surface area (TPSA) is 46.5 Å². The van der Waals surface area contributed by atoms with Gasteiger partial charge in [0.1, 0.15) is 5.75 Å². The van der Waals surface area contributed by atoms with E-state index >= 15 is 0 Å². The van der Waals surface area contributed by atoms with Gasteiger partial charge < -0.3 is 9.84 Å². The molecule has 3 nitrogen and oxygen atoms in total. The summed E-state index contributed by atoms with van der Waals surface area (Å²) in [6, 6.07) is 10.4. The molecule has 0 aliphatic rings. The van der Waals surface area contributed by atoms with Gasteiger partial charge in [-0.15, -0.1) is 0 Å². The first-order chi connectivity index (χ1) is 9.56. The third-order valence-corrected chi connectivity index (χ3v) is 3.22. The van der Waals surface area contributed by atoms with E-state index in [-0.39, 0.29) is 11.7 Å². The minimum absolute atomic E-state index is 0.224. The van der Waals surface area contributed by atoms with Crippen molar-refractivity contribution in [2.45, 2.75) is 26.7 Å². The van der Waals surface area contributed by atoms with Gasteiger partial charge in [-0.3, -0.25) is 0 Å². The van der Waals surface area contributed by atoms with E-state index in [0.29, 0.717) is 18.1 Å². The van der Waals surface area contributed by atoms with E-state index in [0.717, 1.165) is 23.6 Å². The van der Waals surface area contributed by atoms with Crippen LogP contribution in [0.5, 0.6) is 5.75 Å². The number of carbonyl (C=O) groups is 1. The predicted octanol–water partition coefficient (Wildman–Crippen LogP) is 4.14. The summed E-state index contributed by atoms with van der Waals surface area (Å²) in [6.45, 7) is 4.77. The second-order valence-corrected chi connectivity index (χ2v) is 5.42. The van der Waals surface area contributed by atoms with Gasteiger partial charge in [-0.2, -0.15) is 0 Å². The SMILES string of the molecule is CC(C)CCCOC(=O)c1ccc2cc(O)ccc2c1. The molecule has 0 saturated carbocycles. The zero-order valence-electron chi connectivity index (χ0n) is 11.9. The zero-order chi connectivity index (χ0) is 14.5. The van der Waals surface area contributed by atoms with E-state index in [9.17, 15) is 9.90 Å². The number of phenolic OH excluding ortho intramolecular Hbond substituents is 1. The number of hydrogen-bond donors (Lipinski definition) is 1. The van der Waals surface area contributed by atoms with Gasteiger partial charge in [0.25, 0.3) is 0 Å². The zero-order valence-corrected chi connectivity index (χ0v) is 11.9. The van der Waals surface area contributed by atoms with Crippen LogP contribution in [-0.4, -0.2) is 17.7 Å². The third kappa shape index (κ3) is 3.73.